The zero-order valence-corrected chi connectivity index (χ0v) is 21.2. The van der Waals surface area contributed by atoms with E-state index in [0.29, 0.717) is 17.7 Å². The Kier molecular flexibility index (Phi) is 5.36. The minimum Gasteiger partial charge on any atom is -0.508 e. The molecule has 2 saturated carbocycles. The number of amides is 1. The highest BCUT2D eigenvalue weighted by Crippen LogP contribution is 2.68. The molecule has 7 rings (SSSR count). The Bertz CT molecular complexity index is 1180. The van der Waals surface area contributed by atoms with Gasteiger partial charge in [0.2, 0.25) is 0 Å². The summed E-state index contributed by atoms with van der Waals surface area (Å²) in [6.45, 7) is 2.34. The third kappa shape index (κ3) is 3.25. The van der Waals surface area contributed by atoms with E-state index in [-0.39, 0.29) is 35.2 Å². The molecular weight excluding hydrogens is 456 g/mol. The first-order chi connectivity index (χ1) is 16.5. The molecule has 0 aromatic heterocycles. The van der Waals surface area contributed by atoms with E-state index < -0.39 is 0 Å². The van der Waals surface area contributed by atoms with Crippen LogP contribution in [-0.4, -0.2) is 53.0 Å². The lowest BCUT2D eigenvalue weighted by Crippen LogP contribution is -2.68. The first kappa shape index (κ1) is 23.1. The molecule has 1 heterocycles. The van der Waals surface area contributed by atoms with Gasteiger partial charge in [0.15, 0.2) is 0 Å². The molecule has 5 heteroatoms. The molecule has 184 valence electrons. The molecule has 1 N–H and O–H groups in total. The number of hydrogen-bond acceptors (Lipinski definition) is 3. The lowest BCUT2D eigenvalue weighted by molar-refractivity contribution is -0.0934. The van der Waals surface area contributed by atoms with Crippen LogP contribution in [0.25, 0.3) is 0 Å². The van der Waals surface area contributed by atoms with Gasteiger partial charge in [-0.25, -0.2) is 0 Å². The minimum atomic E-state index is 0. The second kappa shape index (κ2) is 8.11. The molecule has 0 unspecified atom stereocenters. The summed E-state index contributed by atoms with van der Waals surface area (Å²) >= 11 is 0. The van der Waals surface area contributed by atoms with Gasteiger partial charge >= 0.3 is 0 Å². The van der Waals surface area contributed by atoms with E-state index in [4.69, 9.17) is 0 Å². The monoisotopic (exact) mass is 490 g/mol. The van der Waals surface area contributed by atoms with Crippen LogP contribution < -0.4 is 0 Å². The van der Waals surface area contributed by atoms with E-state index in [9.17, 15) is 9.90 Å². The average Bonchev–Trinajstić information content (AvgIpc) is 3.64. The van der Waals surface area contributed by atoms with Crippen molar-refractivity contribution in [2.24, 2.45) is 17.3 Å². The number of halogens is 1. The summed E-state index contributed by atoms with van der Waals surface area (Å²) in [6.07, 6.45) is 12.1. The van der Waals surface area contributed by atoms with Gasteiger partial charge in [-0.05, 0) is 92.3 Å². The van der Waals surface area contributed by atoms with E-state index in [2.05, 4.69) is 29.2 Å². The fraction of sp³-hybridized carbons (Fsp3) is 0.500. The van der Waals surface area contributed by atoms with Crippen LogP contribution in [0.15, 0.2) is 60.7 Å². The van der Waals surface area contributed by atoms with Gasteiger partial charge in [0.05, 0.1) is 0 Å². The molecule has 3 fully saturated rings. The summed E-state index contributed by atoms with van der Waals surface area (Å²) in [7, 11) is 2.00. The van der Waals surface area contributed by atoms with Gasteiger partial charge in [0, 0.05) is 42.1 Å². The Hall–Kier alpha value is -2.30. The highest BCUT2D eigenvalue weighted by atomic mass is 35.5. The van der Waals surface area contributed by atoms with Crippen molar-refractivity contribution in [3.63, 3.8) is 0 Å². The Morgan fingerprint density at radius 1 is 1.11 bits per heavy atom. The lowest BCUT2D eigenvalue weighted by atomic mass is 9.45. The van der Waals surface area contributed by atoms with Crippen molar-refractivity contribution in [3.8, 4) is 5.75 Å². The molecule has 1 spiro atoms. The highest BCUT2D eigenvalue weighted by molar-refractivity contribution is 5.94. The number of carbonyl (C=O) groups excluding carboxylic acids is 1. The third-order valence-electron chi connectivity index (χ3n) is 10.1. The topological polar surface area (TPSA) is 43.8 Å². The number of fused-ring (bicyclic) bond motifs is 2. The van der Waals surface area contributed by atoms with E-state index in [1.165, 1.54) is 30.5 Å². The van der Waals surface area contributed by atoms with Gasteiger partial charge in [0.25, 0.3) is 5.91 Å². The number of phenols is 1. The van der Waals surface area contributed by atoms with Crippen LogP contribution in [0.4, 0.5) is 0 Å². The first-order valence-corrected chi connectivity index (χ1v) is 13.1. The molecule has 1 aliphatic heterocycles. The quantitative estimate of drug-likeness (QED) is 0.599. The maximum absolute atomic E-state index is 13.5. The summed E-state index contributed by atoms with van der Waals surface area (Å²) in [6, 6.07) is 16.4. The average molecular weight is 491 g/mol. The number of likely N-dealkylation sites (tertiary alicyclic amines) is 1. The number of aromatic hydroxyl groups is 1. The van der Waals surface area contributed by atoms with Crippen molar-refractivity contribution in [2.75, 3.05) is 20.1 Å². The Morgan fingerprint density at radius 3 is 2.69 bits per heavy atom. The normalized spacial score (nSPS) is 34.5. The summed E-state index contributed by atoms with van der Waals surface area (Å²) in [5.41, 5.74) is 3.73. The largest absolute Gasteiger partial charge is 0.508 e. The molecule has 4 nitrogen and oxygen atoms in total. The van der Waals surface area contributed by atoms with Crippen molar-refractivity contribution in [2.45, 2.75) is 56.0 Å². The van der Waals surface area contributed by atoms with Crippen molar-refractivity contribution >= 4 is 18.3 Å². The maximum atomic E-state index is 13.5. The summed E-state index contributed by atoms with van der Waals surface area (Å²) in [5, 5.41) is 10.5. The minimum absolute atomic E-state index is 0. The van der Waals surface area contributed by atoms with E-state index in [1.807, 2.05) is 48.3 Å². The van der Waals surface area contributed by atoms with Crippen LogP contribution in [0.1, 0.15) is 53.6 Å². The standard InChI is InChI=1S/C30H34N2O2.ClH/c1-31(28(34)21-5-3-2-4-6-21)26-18-29-13-14-32(19-20-7-8-20)27-12-10-23(26)17-30(27,29)16-22-9-11-24(33)15-25(22)29;/h2-6,9-12,15,20,23,26-27,33H,7-8,13-14,16-19H2,1H3;1H/t23-,26-,27+,29-,30-;/m1./s1. The molecule has 2 aromatic rings. The van der Waals surface area contributed by atoms with Gasteiger partial charge in [-0.1, -0.05) is 36.4 Å². The lowest BCUT2D eigenvalue weighted by Gasteiger charge is -2.65. The Morgan fingerprint density at radius 2 is 1.91 bits per heavy atom. The molecule has 1 saturated heterocycles. The fourth-order valence-corrected chi connectivity index (χ4v) is 8.35. The number of nitrogens with zero attached hydrogens (tertiary/aromatic N) is 2. The second-order valence-corrected chi connectivity index (χ2v) is 11.7. The predicted octanol–water partition coefficient (Wildman–Crippen LogP) is 5.20. The SMILES string of the molecule is CN(C(=O)c1ccccc1)[C@@H]1C[C@@]23CCN(CC4CC4)[C@H]4C=C[C@@H]1C[C@]42Cc1ccc(O)cc13.Cl. The third-order valence-corrected chi connectivity index (χ3v) is 10.1. The van der Waals surface area contributed by atoms with Crippen molar-refractivity contribution in [1.82, 2.24) is 9.80 Å². The van der Waals surface area contributed by atoms with Gasteiger partial charge in [-0.15, -0.1) is 12.4 Å². The molecular formula is C30H35ClN2O2. The van der Waals surface area contributed by atoms with Crippen molar-refractivity contribution in [1.29, 1.82) is 0 Å². The van der Waals surface area contributed by atoms with Crippen LogP contribution in [0, 0.1) is 17.3 Å². The molecule has 2 bridgehead atoms. The predicted molar refractivity (Wildman–Crippen MR) is 140 cm³/mol. The van der Waals surface area contributed by atoms with Gasteiger partial charge in [-0.3, -0.25) is 9.69 Å². The molecule has 5 aliphatic rings. The van der Waals surface area contributed by atoms with Crippen molar-refractivity contribution in [3.05, 3.63) is 77.4 Å². The first-order valence-electron chi connectivity index (χ1n) is 13.1. The molecule has 0 radical (unpaired) electrons. The van der Waals surface area contributed by atoms with E-state index >= 15 is 0 Å². The van der Waals surface area contributed by atoms with Gasteiger partial charge in [0.1, 0.15) is 5.75 Å². The number of carbonyl (C=O) groups is 1. The summed E-state index contributed by atoms with van der Waals surface area (Å²) in [5.74, 6) is 1.76. The number of benzene rings is 2. The Balaban J connectivity index is 0.00000229. The van der Waals surface area contributed by atoms with E-state index in [0.717, 1.165) is 43.7 Å². The maximum Gasteiger partial charge on any atom is 0.253 e. The molecule has 5 atom stereocenters. The zero-order valence-electron chi connectivity index (χ0n) is 20.4. The van der Waals surface area contributed by atoms with Gasteiger partial charge in [-0.2, -0.15) is 0 Å². The summed E-state index contributed by atoms with van der Waals surface area (Å²) in [4.78, 5) is 18.3. The fourth-order valence-electron chi connectivity index (χ4n) is 8.35. The highest BCUT2D eigenvalue weighted by Gasteiger charge is 2.68. The summed E-state index contributed by atoms with van der Waals surface area (Å²) < 4.78 is 0. The number of piperidine rings is 1. The van der Waals surface area contributed by atoms with Crippen molar-refractivity contribution < 1.29 is 9.90 Å². The molecule has 4 aliphatic carbocycles. The van der Waals surface area contributed by atoms with Crippen LogP contribution in [0.3, 0.4) is 0 Å². The zero-order chi connectivity index (χ0) is 23.1. The van der Waals surface area contributed by atoms with Crippen LogP contribution >= 0.6 is 12.4 Å². The molecule has 1 amide bonds. The van der Waals surface area contributed by atoms with Crippen LogP contribution in [0.2, 0.25) is 0 Å². The Labute approximate surface area is 214 Å². The second-order valence-electron chi connectivity index (χ2n) is 11.7. The smallest absolute Gasteiger partial charge is 0.253 e. The number of hydrogen-bond donors (Lipinski definition) is 1. The molecule has 2 aromatic carbocycles. The van der Waals surface area contributed by atoms with E-state index in [1.54, 1.807) is 0 Å². The van der Waals surface area contributed by atoms with Crippen LogP contribution in [-0.2, 0) is 11.8 Å². The van der Waals surface area contributed by atoms with Crippen LogP contribution in [0.5, 0.6) is 5.75 Å². The number of rotatable bonds is 4. The van der Waals surface area contributed by atoms with Gasteiger partial charge < -0.3 is 10.0 Å². The molecule has 35 heavy (non-hydrogen) atoms. The number of phenolic OH excluding ortho intramolecular Hbond substituents is 1.